The van der Waals surface area contributed by atoms with Crippen LogP contribution in [0.25, 0.3) is 10.9 Å². The minimum Gasteiger partial charge on any atom is -0.477 e. The zero-order valence-electron chi connectivity index (χ0n) is 16.6. The van der Waals surface area contributed by atoms with E-state index in [0.717, 1.165) is 31.9 Å². The Kier molecular flexibility index (Phi) is 5.17. The number of amides is 1. The number of fused-ring (bicyclic) bond motifs is 1. The number of nitrogens with zero attached hydrogens (tertiary/aromatic N) is 2. The first kappa shape index (κ1) is 19.9. The lowest BCUT2D eigenvalue weighted by atomic mass is 9.87. The molecule has 1 aromatic heterocycles. The van der Waals surface area contributed by atoms with Gasteiger partial charge in [0.15, 0.2) is 0 Å². The lowest BCUT2D eigenvalue weighted by Gasteiger charge is -2.36. The van der Waals surface area contributed by atoms with Crippen molar-refractivity contribution in [1.82, 2.24) is 9.88 Å². The van der Waals surface area contributed by atoms with Crippen molar-refractivity contribution in [3.8, 4) is 0 Å². The quantitative estimate of drug-likeness (QED) is 0.599. The van der Waals surface area contributed by atoms with Gasteiger partial charge in [0.2, 0.25) is 5.91 Å². The van der Waals surface area contributed by atoms with E-state index in [-0.39, 0.29) is 11.3 Å². The Morgan fingerprint density at radius 1 is 1.13 bits per heavy atom. The molecule has 2 heterocycles. The molecule has 8 heteroatoms. The predicted octanol–water partition coefficient (Wildman–Crippen LogP) is 2.37. The van der Waals surface area contributed by atoms with Gasteiger partial charge in [-0.15, -0.1) is 0 Å². The van der Waals surface area contributed by atoms with Gasteiger partial charge in [-0.1, -0.05) is 18.2 Å². The molecule has 0 saturated carbocycles. The summed E-state index contributed by atoms with van der Waals surface area (Å²) in [6, 6.07) is 11.3. The molecule has 7 nitrogen and oxygen atoms in total. The van der Waals surface area contributed by atoms with Crippen LogP contribution < -0.4 is 10.6 Å². The van der Waals surface area contributed by atoms with Crippen LogP contribution in [0.4, 0.5) is 10.1 Å². The van der Waals surface area contributed by atoms with Gasteiger partial charge >= 0.3 is 5.97 Å². The molecule has 1 atom stereocenters. The van der Waals surface area contributed by atoms with E-state index in [2.05, 4.69) is 21.8 Å². The third-order valence-electron chi connectivity index (χ3n) is 5.68. The first-order valence-corrected chi connectivity index (χ1v) is 9.73. The Morgan fingerprint density at radius 3 is 2.50 bits per heavy atom. The zero-order chi connectivity index (χ0) is 21.4. The van der Waals surface area contributed by atoms with Crippen molar-refractivity contribution < 1.29 is 19.1 Å². The predicted molar refractivity (Wildman–Crippen MR) is 112 cm³/mol. The molecule has 1 unspecified atom stereocenters. The van der Waals surface area contributed by atoms with Crippen LogP contribution in [-0.2, 0) is 4.79 Å². The van der Waals surface area contributed by atoms with Crippen molar-refractivity contribution in [2.45, 2.75) is 5.92 Å². The summed E-state index contributed by atoms with van der Waals surface area (Å²) < 4.78 is 14.0. The van der Waals surface area contributed by atoms with E-state index in [0.29, 0.717) is 16.5 Å². The van der Waals surface area contributed by atoms with Gasteiger partial charge in [-0.25, -0.2) is 9.18 Å². The number of aromatic nitrogens is 1. The van der Waals surface area contributed by atoms with E-state index in [1.807, 2.05) is 12.1 Å². The van der Waals surface area contributed by atoms with Crippen LogP contribution in [-0.4, -0.2) is 60.1 Å². The molecule has 1 aliphatic rings. The van der Waals surface area contributed by atoms with E-state index in [1.165, 1.54) is 18.2 Å². The number of piperazine rings is 1. The molecule has 0 spiro atoms. The molecule has 4 N–H and O–H groups in total. The lowest BCUT2D eigenvalue weighted by molar-refractivity contribution is -0.118. The molecule has 1 saturated heterocycles. The number of hydrogen-bond acceptors (Lipinski definition) is 4. The van der Waals surface area contributed by atoms with Gasteiger partial charge in [0, 0.05) is 48.3 Å². The van der Waals surface area contributed by atoms with Crippen LogP contribution in [0.1, 0.15) is 27.5 Å². The summed E-state index contributed by atoms with van der Waals surface area (Å²) in [7, 11) is 2.05. The molecular weight excluding hydrogens is 387 g/mol. The first-order valence-electron chi connectivity index (χ1n) is 9.73. The van der Waals surface area contributed by atoms with E-state index in [9.17, 15) is 19.1 Å². The molecule has 1 amide bonds. The van der Waals surface area contributed by atoms with E-state index < -0.39 is 23.6 Å². The highest BCUT2D eigenvalue weighted by atomic mass is 19.1. The second-order valence-electron chi connectivity index (χ2n) is 7.59. The van der Waals surface area contributed by atoms with Gasteiger partial charge in [-0.3, -0.25) is 4.79 Å². The Bertz CT molecular complexity index is 1120. The standard InChI is InChI=1S/C22H23FN4O3/c1-26-8-10-27(11-9-26)17-5-3-2-4-14(17)19(21(24)28)18-15-12-13(23)6-7-16(15)25-20(18)22(29)30/h2-7,12,19,25H,8-11H2,1H3,(H2,24,28)(H,29,30). The Morgan fingerprint density at radius 2 is 1.83 bits per heavy atom. The molecule has 4 rings (SSSR count). The van der Waals surface area contributed by atoms with Gasteiger partial charge in [-0.2, -0.15) is 0 Å². The van der Waals surface area contributed by atoms with Crippen molar-refractivity contribution >= 4 is 28.5 Å². The second-order valence-corrected chi connectivity index (χ2v) is 7.59. The maximum absolute atomic E-state index is 14.0. The fraction of sp³-hybridized carbons (Fsp3) is 0.273. The molecular formula is C22H23FN4O3. The maximum Gasteiger partial charge on any atom is 0.352 e. The molecule has 156 valence electrons. The van der Waals surface area contributed by atoms with Gasteiger partial charge in [0.05, 0.1) is 5.92 Å². The number of H-pyrrole nitrogens is 1. The van der Waals surface area contributed by atoms with Crippen LogP contribution >= 0.6 is 0 Å². The Hall–Kier alpha value is -3.39. The highest BCUT2D eigenvalue weighted by molar-refractivity contribution is 6.03. The molecule has 3 aromatic rings. The van der Waals surface area contributed by atoms with Crippen LogP contribution in [0.3, 0.4) is 0 Å². The molecule has 0 bridgehead atoms. The van der Waals surface area contributed by atoms with Gasteiger partial charge in [0.25, 0.3) is 0 Å². The number of carboxylic acid groups (broad SMARTS) is 1. The van der Waals surface area contributed by atoms with Crippen molar-refractivity contribution in [3.05, 3.63) is 65.1 Å². The SMILES string of the molecule is CN1CCN(c2ccccc2C(C(N)=O)c2c(C(=O)O)[nH]c3ccc(F)cc23)CC1. The average Bonchev–Trinajstić information content (AvgIpc) is 3.08. The number of halogens is 1. The fourth-order valence-corrected chi connectivity index (χ4v) is 4.17. The number of nitrogens with one attached hydrogen (secondary N) is 1. The van der Waals surface area contributed by atoms with Gasteiger partial charge in [0.1, 0.15) is 11.5 Å². The van der Waals surface area contributed by atoms with Crippen LogP contribution in [0.15, 0.2) is 42.5 Å². The number of rotatable bonds is 5. The number of carbonyl (C=O) groups excluding carboxylic acids is 1. The summed E-state index contributed by atoms with van der Waals surface area (Å²) in [4.78, 5) is 31.8. The highest BCUT2D eigenvalue weighted by Crippen LogP contribution is 2.38. The van der Waals surface area contributed by atoms with Crippen molar-refractivity contribution in [2.75, 3.05) is 38.1 Å². The largest absolute Gasteiger partial charge is 0.477 e. The minimum absolute atomic E-state index is 0.160. The summed E-state index contributed by atoms with van der Waals surface area (Å²) in [6.45, 7) is 3.28. The smallest absolute Gasteiger partial charge is 0.352 e. The molecule has 2 aromatic carbocycles. The summed E-state index contributed by atoms with van der Waals surface area (Å²) >= 11 is 0. The number of anilines is 1. The number of para-hydroxylation sites is 1. The van der Waals surface area contributed by atoms with Crippen molar-refractivity contribution in [2.24, 2.45) is 5.73 Å². The van der Waals surface area contributed by atoms with Crippen LogP contribution in [0, 0.1) is 5.82 Å². The average molecular weight is 410 g/mol. The second kappa shape index (κ2) is 7.79. The number of likely N-dealkylation sites (N-methyl/N-ethyl adjacent to an activating group) is 1. The van der Waals surface area contributed by atoms with Gasteiger partial charge < -0.3 is 25.6 Å². The maximum atomic E-state index is 14.0. The van der Waals surface area contributed by atoms with E-state index >= 15 is 0 Å². The zero-order valence-corrected chi connectivity index (χ0v) is 16.6. The van der Waals surface area contributed by atoms with Crippen LogP contribution in [0.5, 0.6) is 0 Å². The monoisotopic (exact) mass is 410 g/mol. The van der Waals surface area contributed by atoms with Crippen molar-refractivity contribution in [1.29, 1.82) is 0 Å². The number of carbonyl (C=O) groups is 2. The molecule has 0 aliphatic carbocycles. The van der Waals surface area contributed by atoms with E-state index in [1.54, 1.807) is 12.1 Å². The number of aromatic amines is 1. The number of aromatic carboxylic acids is 1. The summed E-state index contributed by atoms with van der Waals surface area (Å²) in [5.74, 6) is -3.48. The third-order valence-corrected chi connectivity index (χ3v) is 5.68. The highest BCUT2D eigenvalue weighted by Gasteiger charge is 2.32. The Labute approximate surface area is 172 Å². The summed E-state index contributed by atoms with van der Waals surface area (Å²) in [5, 5.41) is 10.1. The third kappa shape index (κ3) is 3.50. The Balaban J connectivity index is 1.92. The van der Waals surface area contributed by atoms with Crippen molar-refractivity contribution in [3.63, 3.8) is 0 Å². The molecule has 0 radical (unpaired) electrons. The number of hydrogen-bond donors (Lipinski definition) is 3. The normalized spacial score (nSPS) is 16.0. The number of carboxylic acids is 1. The first-order chi connectivity index (χ1) is 14.4. The summed E-state index contributed by atoms with van der Waals surface area (Å²) in [5.41, 5.74) is 7.72. The number of primary amides is 1. The van der Waals surface area contributed by atoms with Crippen LogP contribution in [0.2, 0.25) is 0 Å². The number of nitrogens with two attached hydrogens (primary N) is 1. The lowest BCUT2D eigenvalue weighted by Crippen LogP contribution is -2.45. The topological polar surface area (TPSA) is 103 Å². The molecule has 1 aliphatic heterocycles. The van der Waals surface area contributed by atoms with E-state index in [4.69, 9.17) is 5.73 Å². The van der Waals surface area contributed by atoms with Gasteiger partial charge in [-0.05, 0) is 36.9 Å². The summed E-state index contributed by atoms with van der Waals surface area (Å²) in [6.07, 6.45) is 0. The number of benzene rings is 2. The fourth-order valence-electron chi connectivity index (χ4n) is 4.17. The molecule has 30 heavy (non-hydrogen) atoms. The minimum atomic E-state index is -1.23. The molecule has 1 fully saturated rings.